The predicted molar refractivity (Wildman–Crippen MR) is 78.2 cm³/mol. The summed E-state index contributed by atoms with van der Waals surface area (Å²) in [6.45, 7) is 6.05. The number of ether oxygens (including phenoxy) is 1. The van der Waals surface area contributed by atoms with Gasteiger partial charge in [0.25, 0.3) is 5.91 Å². The standard InChI is InChI=1S/C15H21N3O2/c19-15(17-5-6-18-7-9-20-10-8-18)13-2-1-12-3-4-16-14(12)11-13/h1-2,11,16H,3-10H2,(H,17,19). The molecule has 108 valence electrons. The van der Waals surface area contributed by atoms with E-state index in [9.17, 15) is 4.79 Å². The molecule has 0 spiro atoms. The first-order valence-electron chi connectivity index (χ1n) is 7.28. The maximum Gasteiger partial charge on any atom is 0.251 e. The third kappa shape index (κ3) is 3.11. The summed E-state index contributed by atoms with van der Waals surface area (Å²) in [5.74, 6) is 0.00904. The summed E-state index contributed by atoms with van der Waals surface area (Å²) in [7, 11) is 0. The highest BCUT2D eigenvalue weighted by Crippen LogP contribution is 2.23. The van der Waals surface area contributed by atoms with Crippen LogP contribution in [-0.4, -0.2) is 56.7 Å². The highest BCUT2D eigenvalue weighted by molar-refractivity contribution is 5.95. The zero-order valence-corrected chi connectivity index (χ0v) is 11.7. The van der Waals surface area contributed by atoms with Crippen molar-refractivity contribution in [3.63, 3.8) is 0 Å². The average Bonchev–Trinajstić information content (AvgIpc) is 2.95. The van der Waals surface area contributed by atoms with Crippen LogP contribution in [0.15, 0.2) is 18.2 Å². The molecule has 2 aliphatic rings. The molecule has 0 bridgehead atoms. The summed E-state index contributed by atoms with van der Waals surface area (Å²) >= 11 is 0. The quantitative estimate of drug-likeness (QED) is 0.850. The molecule has 3 rings (SSSR count). The van der Waals surface area contributed by atoms with Crippen LogP contribution in [0.1, 0.15) is 15.9 Å². The molecule has 0 saturated carbocycles. The van der Waals surface area contributed by atoms with Gasteiger partial charge in [-0.05, 0) is 24.1 Å². The Morgan fingerprint density at radius 1 is 1.35 bits per heavy atom. The molecule has 0 atom stereocenters. The number of fused-ring (bicyclic) bond motifs is 1. The van der Waals surface area contributed by atoms with Crippen LogP contribution in [-0.2, 0) is 11.2 Å². The Bertz CT molecular complexity index is 484. The first-order valence-corrected chi connectivity index (χ1v) is 7.28. The van der Waals surface area contributed by atoms with Crippen LogP contribution in [0.2, 0.25) is 0 Å². The van der Waals surface area contributed by atoms with E-state index in [2.05, 4.69) is 15.5 Å². The molecular weight excluding hydrogens is 254 g/mol. The molecule has 2 aliphatic heterocycles. The molecule has 20 heavy (non-hydrogen) atoms. The number of amides is 1. The van der Waals surface area contributed by atoms with Gasteiger partial charge in [0, 0.05) is 44.0 Å². The zero-order valence-electron chi connectivity index (χ0n) is 11.7. The third-order valence-electron chi connectivity index (χ3n) is 3.90. The minimum Gasteiger partial charge on any atom is -0.384 e. The summed E-state index contributed by atoms with van der Waals surface area (Å²) in [6, 6.07) is 5.91. The molecule has 0 aliphatic carbocycles. The van der Waals surface area contributed by atoms with Crippen molar-refractivity contribution in [2.45, 2.75) is 6.42 Å². The largest absolute Gasteiger partial charge is 0.384 e. The number of hydrogen-bond acceptors (Lipinski definition) is 4. The Morgan fingerprint density at radius 2 is 2.20 bits per heavy atom. The molecule has 5 heteroatoms. The fraction of sp³-hybridized carbons (Fsp3) is 0.533. The number of anilines is 1. The number of morpholine rings is 1. The van der Waals surface area contributed by atoms with Gasteiger partial charge < -0.3 is 15.4 Å². The highest BCUT2D eigenvalue weighted by Gasteiger charge is 2.14. The van der Waals surface area contributed by atoms with E-state index in [4.69, 9.17) is 4.74 Å². The Labute approximate surface area is 119 Å². The fourth-order valence-electron chi connectivity index (χ4n) is 2.69. The van der Waals surface area contributed by atoms with Gasteiger partial charge in [-0.15, -0.1) is 0 Å². The van der Waals surface area contributed by atoms with Gasteiger partial charge in [0.2, 0.25) is 0 Å². The van der Waals surface area contributed by atoms with Crippen LogP contribution < -0.4 is 10.6 Å². The van der Waals surface area contributed by atoms with Gasteiger partial charge in [0.15, 0.2) is 0 Å². The maximum atomic E-state index is 12.1. The van der Waals surface area contributed by atoms with Crippen molar-refractivity contribution in [3.05, 3.63) is 29.3 Å². The first-order chi connectivity index (χ1) is 9.83. The predicted octanol–water partition coefficient (Wildman–Crippen LogP) is 0.717. The lowest BCUT2D eigenvalue weighted by Crippen LogP contribution is -2.41. The summed E-state index contributed by atoms with van der Waals surface area (Å²) in [5, 5.41) is 6.29. The Hall–Kier alpha value is -1.59. The number of rotatable bonds is 4. The van der Waals surface area contributed by atoms with Gasteiger partial charge in [-0.2, -0.15) is 0 Å². The van der Waals surface area contributed by atoms with Crippen LogP contribution in [0, 0.1) is 0 Å². The Morgan fingerprint density at radius 3 is 3.05 bits per heavy atom. The second-order valence-electron chi connectivity index (χ2n) is 5.26. The van der Waals surface area contributed by atoms with Crippen molar-refractivity contribution in [2.24, 2.45) is 0 Å². The van der Waals surface area contributed by atoms with E-state index in [1.165, 1.54) is 5.56 Å². The lowest BCUT2D eigenvalue weighted by molar-refractivity contribution is 0.0383. The number of benzene rings is 1. The topological polar surface area (TPSA) is 53.6 Å². The summed E-state index contributed by atoms with van der Waals surface area (Å²) in [5.41, 5.74) is 3.14. The number of carbonyl (C=O) groups is 1. The van der Waals surface area contributed by atoms with E-state index in [0.717, 1.165) is 57.1 Å². The zero-order chi connectivity index (χ0) is 13.8. The van der Waals surface area contributed by atoms with Crippen molar-refractivity contribution in [3.8, 4) is 0 Å². The summed E-state index contributed by atoms with van der Waals surface area (Å²) in [6.07, 6.45) is 1.05. The maximum absolute atomic E-state index is 12.1. The van der Waals surface area contributed by atoms with Gasteiger partial charge >= 0.3 is 0 Å². The van der Waals surface area contributed by atoms with Crippen molar-refractivity contribution >= 4 is 11.6 Å². The van der Waals surface area contributed by atoms with Crippen molar-refractivity contribution < 1.29 is 9.53 Å². The van der Waals surface area contributed by atoms with Crippen LogP contribution in [0.25, 0.3) is 0 Å². The molecule has 5 nitrogen and oxygen atoms in total. The number of nitrogens with one attached hydrogen (secondary N) is 2. The van der Waals surface area contributed by atoms with Gasteiger partial charge in [-0.3, -0.25) is 9.69 Å². The van der Waals surface area contributed by atoms with E-state index in [-0.39, 0.29) is 5.91 Å². The first kappa shape index (κ1) is 13.4. The second-order valence-corrected chi connectivity index (χ2v) is 5.26. The van der Waals surface area contributed by atoms with Gasteiger partial charge in [0.1, 0.15) is 0 Å². The van der Waals surface area contributed by atoms with E-state index in [0.29, 0.717) is 6.54 Å². The SMILES string of the molecule is O=C(NCCN1CCOCC1)c1ccc2c(c1)NCC2. The number of nitrogens with zero attached hydrogens (tertiary/aromatic N) is 1. The van der Waals surface area contributed by atoms with Crippen LogP contribution >= 0.6 is 0 Å². The molecule has 0 aromatic heterocycles. The van der Waals surface area contributed by atoms with E-state index < -0.39 is 0 Å². The molecule has 1 saturated heterocycles. The van der Waals surface area contributed by atoms with Crippen molar-refractivity contribution in [1.29, 1.82) is 0 Å². The fourth-order valence-corrected chi connectivity index (χ4v) is 2.69. The van der Waals surface area contributed by atoms with E-state index in [1.54, 1.807) is 0 Å². The normalized spacial score (nSPS) is 18.4. The lowest BCUT2D eigenvalue weighted by atomic mass is 10.1. The lowest BCUT2D eigenvalue weighted by Gasteiger charge is -2.26. The van der Waals surface area contributed by atoms with E-state index >= 15 is 0 Å². The number of carbonyl (C=O) groups excluding carboxylic acids is 1. The van der Waals surface area contributed by atoms with Crippen LogP contribution in [0.3, 0.4) is 0 Å². The van der Waals surface area contributed by atoms with Crippen LogP contribution in [0.5, 0.6) is 0 Å². The van der Waals surface area contributed by atoms with Crippen molar-refractivity contribution in [1.82, 2.24) is 10.2 Å². The minimum absolute atomic E-state index is 0.00904. The third-order valence-corrected chi connectivity index (χ3v) is 3.90. The smallest absolute Gasteiger partial charge is 0.251 e. The molecule has 2 N–H and O–H groups in total. The molecule has 1 aromatic carbocycles. The summed E-state index contributed by atoms with van der Waals surface area (Å²) in [4.78, 5) is 14.4. The molecular formula is C15H21N3O2. The molecule has 2 heterocycles. The van der Waals surface area contributed by atoms with E-state index in [1.807, 2.05) is 18.2 Å². The number of hydrogen-bond donors (Lipinski definition) is 2. The Kier molecular flexibility index (Phi) is 4.18. The molecule has 1 aromatic rings. The average molecular weight is 275 g/mol. The summed E-state index contributed by atoms with van der Waals surface area (Å²) < 4.78 is 5.30. The highest BCUT2D eigenvalue weighted by atomic mass is 16.5. The second kappa shape index (κ2) is 6.24. The Balaban J connectivity index is 1.49. The van der Waals surface area contributed by atoms with Gasteiger partial charge in [-0.25, -0.2) is 0 Å². The molecule has 0 unspecified atom stereocenters. The molecule has 1 amide bonds. The van der Waals surface area contributed by atoms with Gasteiger partial charge in [0.05, 0.1) is 13.2 Å². The van der Waals surface area contributed by atoms with Crippen molar-refractivity contribution in [2.75, 3.05) is 51.3 Å². The minimum atomic E-state index is 0.00904. The molecule has 0 radical (unpaired) electrons. The van der Waals surface area contributed by atoms with Crippen LogP contribution in [0.4, 0.5) is 5.69 Å². The molecule has 1 fully saturated rings. The monoisotopic (exact) mass is 275 g/mol. The van der Waals surface area contributed by atoms with Gasteiger partial charge in [-0.1, -0.05) is 6.07 Å².